The molecule has 3 N–H and O–H groups in total. The highest BCUT2D eigenvalue weighted by molar-refractivity contribution is 6.06. The van der Waals surface area contributed by atoms with Crippen molar-refractivity contribution < 1.29 is 27.6 Å². The first kappa shape index (κ1) is 26.9. The molecule has 3 aromatic heterocycles. The zero-order valence-electron chi connectivity index (χ0n) is 22.0. The Bertz CT molecular complexity index is 1890. The van der Waals surface area contributed by atoms with Gasteiger partial charge in [-0.2, -0.15) is 20.4 Å². The number of nitrogens with one attached hydrogen (secondary N) is 1. The molecule has 0 bridgehead atoms. The van der Waals surface area contributed by atoms with Crippen LogP contribution in [0.25, 0.3) is 32.9 Å². The molecule has 1 fully saturated rings. The van der Waals surface area contributed by atoms with Crippen LogP contribution in [0.2, 0.25) is 0 Å². The van der Waals surface area contributed by atoms with Gasteiger partial charge < -0.3 is 16.0 Å². The minimum absolute atomic E-state index is 0.0597. The fraction of sp³-hybridized carbons (Fsp3) is 0.222. The van der Waals surface area contributed by atoms with Crippen molar-refractivity contribution in [2.45, 2.75) is 25.2 Å². The van der Waals surface area contributed by atoms with Gasteiger partial charge in [0.05, 0.1) is 30.0 Å². The molecule has 3 amide bonds. The minimum atomic E-state index is -1.48. The lowest BCUT2D eigenvalue weighted by Gasteiger charge is -2.23. The SMILES string of the molecule is Cn1nc(NC(=O)C2CC(F)CN2C(=O)Cn2nc(C(N)=O)c3cc(-c4ccnnc4)ccc32)c2cc(F)c(F)cc21. The first-order chi connectivity index (χ1) is 20.1. The van der Waals surface area contributed by atoms with Crippen molar-refractivity contribution in [1.29, 1.82) is 0 Å². The van der Waals surface area contributed by atoms with Crippen LogP contribution in [-0.2, 0) is 23.2 Å². The third kappa shape index (κ3) is 4.67. The van der Waals surface area contributed by atoms with E-state index >= 15 is 0 Å². The van der Waals surface area contributed by atoms with Crippen molar-refractivity contribution >= 4 is 45.3 Å². The number of hydrogen-bond donors (Lipinski definition) is 2. The molecule has 2 unspecified atom stereocenters. The van der Waals surface area contributed by atoms with Crippen molar-refractivity contribution in [3.05, 3.63) is 66.1 Å². The summed E-state index contributed by atoms with van der Waals surface area (Å²) in [5.74, 6) is -4.44. The zero-order valence-corrected chi connectivity index (χ0v) is 22.0. The Morgan fingerprint density at radius 2 is 1.79 bits per heavy atom. The molecule has 1 aliphatic heterocycles. The quantitative estimate of drug-likeness (QED) is 0.314. The number of primary amides is 1. The van der Waals surface area contributed by atoms with Crippen molar-refractivity contribution in [2.75, 3.05) is 11.9 Å². The molecule has 6 rings (SSSR count). The molecule has 0 saturated carbocycles. The summed E-state index contributed by atoms with van der Waals surface area (Å²) in [5.41, 5.74) is 7.60. The summed E-state index contributed by atoms with van der Waals surface area (Å²) < 4.78 is 44.7. The van der Waals surface area contributed by atoms with Gasteiger partial charge in [0, 0.05) is 35.9 Å². The van der Waals surface area contributed by atoms with Gasteiger partial charge in [-0.15, -0.1) is 0 Å². The lowest BCUT2D eigenvalue weighted by atomic mass is 10.0. The van der Waals surface area contributed by atoms with E-state index < -0.39 is 48.1 Å². The normalized spacial score (nSPS) is 16.8. The van der Waals surface area contributed by atoms with Gasteiger partial charge >= 0.3 is 0 Å². The molecule has 0 aliphatic carbocycles. The average molecular weight is 578 g/mol. The second-order valence-electron chi connectivity index (χ2n) is 9.87. The highest BCUT2D eigenvalue weighted by Gasteiger charge is 2.40. The molecule has 0 spiro atoms. The molecular weight excluding hydrogens is 555 g/mol. The Hall–Kier alpha value is -5.34. The van der Waals surface area contributed by atoms with Crippen LogP contribution in [0.5, 0.6) is 0 Å². The average Bonchev–Trinajstić information content (AvgIpc) is 3.63. The van der Waals surface area contributed by atoms with Gasteiger partial charge in [-0.05, 0) is 29.8 Å². The molecule has 12 nitrogen and oxygen atoms in total. The van der Waals surface area contributed by atoms with Crippen LogP contribution in [0.3, 0.4) is 0 Å². The molecule has 5 aromatic rings. The van der Waals surface area contributed by atoms with Crippen LogP contribution in [0, 0.1) is 11.6 Å². The highest BCUT2D eigenvalue weighted by atomic mass is 19.2. The summed E-state index contributed by atoms with van der Waals surface area (Å²) in [6.45, 7) is -0.756. The molecule has 2 atom stereocenters. The molecule has 42 heavy (non-hydrogen) atoms. The number of amides is 3. The Kier molecular flexibility index (Phi) is 6.55. The van der Waals surface area contributed by atoms with E-state index in [1.807, 2.05) is 0 Å². The number of likely N-dealkylation sites (tertiary alicyclic amines) is 1. The summed E-state index contributed by atoms with van der Waals surface area (Å²) in [6, 6.07) is 7.48. The predicted molar refractivity (Wildman–Crippen MR) is 144 cm³/mol. The lowest BCUT2D eigenvalue weighted by molar-refractivity contribution is -0.137. The van der Waals surface area contributed by atoms with E-state index in [1.54, 1.807) is 30.5 Å². The third-order valence-corrected chi connectivity index (χ3v) is 7.19. The Labute approximate surface area is 234 Å². The van der Waals surface area contributed by atoms with Crippen LogP contribution in [0.4, 0.5) is 19.0 Å². The van der Waals surface area contributed by atoms with Crippen LogP contribution >= 0.6 is 0 Å². The number of aromatic nitrogens is 6. The van der Waals surface area contributed by atoms with Crippen LogP contribution in [-0.4, -0.2) is 71.1 Å². The third-order valence-electron chi connectivity index (χ3n) is 7.19. The minimum Gasteiger partial charge on any atom is -0.364 e. The molecule has 0 radical (unpaired) electrons. The molecular formula is C27H22F3N9O3. The standard InChI is InChI=1S/C27H22F3N9O3/c1-37-21-9-19(30)18(29)8-17(21)26(36-37)34-27(42)22-7-15(28)11-38(22)23(40)12-39-20-3-2-13(14-4-5-32-33-10-14)6-16(20)24(35-39)25(31)41/h2-6,8-10,15,22H,7,11-12H2,1H3,(H2,31,41)(H,34,36,42). The topological polar surface area (TPSA) is 154 Å². The largest absolute Gasteiger partial charge is 0.364 e. The number of carbonyl (C=O) groups excluding carboxylic acids is 3. The second kappa shape index (κ2) is 10.2. The number of fused-ring (bicyclic) bond motifs is 2. The fourth-order valence-electron chi connectivity index (χ4n) is 5.19. The first-order valence-corrected chi connectivity index (χ1v) is 12.7. The van der Waals surface area contributed by atoms with Gasteiger partial charge in [0.2, 0.25) is 11.8 Å². The fourth-order valence-corrected chi connectivity index (χ4v) is 5.19. The number of alkyl halides is 1. The summed E-state index contributed by atoms with van der Waals surface area (Å²) in [5, 5.41) is 19.0. The number of nitrogens with two attached hydrogens (primary N) is 1. The van der Waals surface area contributed by atoms with E-state index in [-0.39, 0.29) is 35.4 Å². The van der Waals surface area contributed by atoms with Gasteiger partial charge in [-0.25, -0.2) is 13.2 Å². The Morgan fingerprint density at radius 1 is 1.00 bits per heavy atom. The van der Waals surface area contributed by atoms with Gasteiger partial charge in [0.15, 0.2) is 23.1 Å². The number of rotatable bonds is 6. The predicted octanol–water partition coefficient (Wildman–Crippen LogP) is 2.33. The van der Waals surface area contributed by atoms with Crippen molar-refractivity contribution in [3.63, 3.8) is 0 Å². The molecule has 4 heterocycles. The van der Waals surface area contributed by atoms with Gasteiger partial charge in [-0.3, -0.25) is 23.7 Å². The first-order valence-electron chi connectivity index (χ1n) is 12.7. The number of carbonyl (C=O) groups is 3. The maximum atomic E-state index is 14.6. The van der Waals surface area contributed by atoms with Crippen LogP contribution in [0.1, 0.15) is 16.9 Å². The van der Waals surface area contributed by atoms with E-state index in [9.17, 15) is 27.6 Å². The second-order valence-corrected chi connectivity index (χ2v) is 9.87. The summed E-state index contributed by atoms with van der Waals surface area (Å²) >= 11 is 0. The zero-order chi connectivity index (χ0) is 29.7. The Balaban J connectivity index is 1.27. The van der Waals surface area contributed by atoms with Gasteiger partial charge in [-0.1, -0.05) is 6.07 Å². The number of nitrogens with zero attached hydrogens (tertiary/aromatic N) is 7. The number of aryl methyl sites for hydroxylation is 1. The van der Waals surface area contributed by atoms with Gasteiger partial charge in [0.25, 0.3) is 5.91 Å². The number of benzene rings is 2. The van der Waals surface area contributed by atoms with Crippen molar-refractivity contribution in [1.82, 2.24) is 34.7 Å². The van der Waals surface area contributed by atoms with Crippen LogP contribution < -0.4 is 11.1 Å². The highest BCUT2D eigenvalue weighted by Crippen LogP contribution is 2.29. The van der Waals surface area contributed by atoms with E-state index in [1.165, 1.54) is 22.6 Å². The van der Waals surface area contributed by atoms with Crippen molar-refractivity contribution in [2.24, 2.45) is 12.8 Å². The summed E-state index contributed by atoms with van der Waals surface area (Å²) in [6.07, 6.45) is 1.31. The number of hydrogen-bond acceptors (Lipinski definition) is 7. The van der Waals surface area contributed by atoms with E-state index in [2.05, 4.69) is 25.7 Å². The summed E-state index contributed by atoms with van der Waals surface area (Å²) in [7, 11) is 1.49. The van der Waals surface area contributed by atoms with Crippen LogP contribution in [0.15, 0.2) is 48.8 Å². The maximum absolute atomic E-state index is 14.6. The molecule has 15 heteroatoms. The van der Waals surface area contributed by atoms with E-state index in [0.29, 0.717) is 16.5 Å². The number of halogens is 3. The molecule has 1 saturated heterocycles. The molecule has 214 valence electrons. The smallest absolute Gasteiger partial charge is 0.269 e. The Morgan fingerprint density at radius 3 is 2.52 bits per heavy atom. The monoisotopic (exact) mass is 577 g/mol. The lowest BCUT2D eigenvalue weighted by Crippen LogP contribution is -2.44. The van der Waals surface area contributed by atoms with Crippen molar-refractivity contribution in [3.8, 4) is 11.1 Å². The maximum Gasteiger partial charge on any atom is 0.269 e. The summed E-state index contributed by atoms with van der Waals surface area (Å²) in [4.78, 5) is 39.9. The van der Waals surface area contributed by atoms with E-state index in [4.69, 9.17) is 5.73 Å². The molecule has 1 aliphatic rings. The van der Waals surface area contributed by atoms with E-state index in [0.717, 1.165) is 22.6 Å². The van der Waals surface area contributed by atoms with Gasteiger partial charge in [0.1, 0.15) is 18.8 Å². The number of anilines is 1. The molecule has 2 aromatic carbocycles.